The molecule has 0 saturated heterocycles. The number of hydrogen-bond acceptors (Lipinski definition) is 4. The van der Waals surface area contributed by atoms with E-state index in [1.54, 1.807) is 18.4 Å². The third-order valence-corrected chi connectivity index (χ3v) is 4.05. The molecule has 0 radical (unpaired) electrons. The topological polar surface area (TPSA) is 90.0 Å². The number of rotatable bonds is 4. The molecule has 1 aromatic heterocycles. The largest absolute Gasteiger partial charge is 0.369 e. The molecule has 2 aromatic rings. The van der Waals surface area contributed by atoms with E-state index >= 15 is 0 Å². The van der Waals surface area contributed by atoms with Crippen LogP contribution in [0.3, 0.4) is 0 Å². The van der Waals surface area contributed by atoms with Gasteiger partial charge in [-0.15, -0.1) is 0 Å². The Balaban J connectivity index is 2.47. The Kier molecular flexibility index (Phi) is 3.90. The maximum Gasteiger partial charge on any atom is 0.209 e. The lowest BCUT2D eigenvalue weighted by molar-refractivity contribution is 0.398. The summed E-state index contributed by atoms with van der Waals surface area (Å²) in [4.78, 5) is 4.11. The summed E-state index contributed by atoms with van der Waals surface area (Å²) in [6, 6.07) is 2.62. The number of aromatic nitrogens is 2. The van der Waals surface area contributed by atoms with Crippen molar-refractivity contribution in [1.29, 1.82) is 0 Å². The van der Waals surface area contributed by atoms with Gasteiger partial charge in [-0.1, -0.05) is 11.6 Å². The molecule has 0 bridgehead atoms. The van der Waals surface area contributed by atoms with Crippen LogP contribution in [0.25, 0.3) is 11.0 Å². The molecule has 1 heterocycles. The smallest absolute Gasteiger partial charge is 0.209 e. The van der Waals surface area contributed by atoms with Crippen molar-refractivity contribution in [3.05, 3.63) is 23.0 Å². The first-order valence-electron chi connectivity index (χ1n) is 6.08. The van der Waals surface area contributed by atoms with E-state index in [9.17, 15) is 12.8 Å². The Morgan fingerprint density at radius 1 is 1.48 bits per heavy atom. The van der Waals surface area contributed by atoms with E-state index in [-0.39, 0.29) is 17.5 Å². The Bertz CT molecular complexity index is 801. The highest BCUT2D eigenvalue weighted by atomic mass is 35.5. The first-order chi connectivity index (χ1) is 9.48. The van der Waals surface area contributed by atoms with Crippen LogP contribution in [0.2, 0.25) is 5.02 Å². The van der Waals surface area contributed by atoms with Crippen molar-refractivity contribution >= 4 is 38.6 Å². The molecule has 0 fully saturated rings. The minimum atomic E-state index is -3.39. The maximum absolute atomic E-state index is 13.6. The third-order valence-electron chi connectivity index (χ3n) is 2.83. The van der Waals surface area contributed by atoms with E-state index in [0.29, 0.717) is 11.0 Å². The van der Waals surface area contributed by atoms with Gasteiger partial charge in [0.1, 0.15) is 5.82 Å². The van der Waals surface area contributed by atoms with E-state index in [4.69, 9.17) is 17.3 Å². The van der Waals surface area contributed by atoms with E-state index < -0.39 is 21.4 Å². The molecule has 0 spiro atoms. The Labute approximate surface area is 127 Å². The van der Waals surface area contributed by atoms with Gasteiger partial charge in [-0.2, -0.15) is 0 Å². The first kappa shape index (κ1) is 16.0. The standard InChI is InChI=1S/C12H16ClFN4O2S/c1-12(2,17-21(3,19)20)6-18-10-5-8(14)7(13)4-9(10)16-11(18)15/h4-5,17H,6H2,1-3H3,(H2,15,16). The first-order valence-corrected chi connectivity index (χ1v) is 8.35. The number of fused-ring (bicyclic) bond motifs is 1. The number of hydrogen-bond donors (Lipinski definition) is 2. The molecule has 0 atom stereocenters. The van der Waals surface area contributed by atoms with Crippen molar-refractivity contribution in [2.24, 2.45) is 0 Å². The monoisotopic (exact) mass is 334 g/mol. The lowest BCUT2D eigenvalue weighted by Crippen LogP contribution is -2.46. The summed E-state index contributed by atoms with van der Waals surface area (Å²) < 4.78 is 40.4. The van der Waals surface area contributed by atoms with Crippen LogP contribution in [0, 0.1) is 5.82 Å². The minimum Gasteiger partial charge on any atom is -0.369 e. The average Bonchev–Trinajstić information content (AvgIpc) is 2.53. The Hall–Kier alpha value is -1.38. The van der Waals surface area contributed by atoms with Crippen molar-refractivity contribution in [2.75, 3.05) is 12.0 Å². The number of anilines is 1. The zero-order valence-electron chi connectivity index (χ0n) is 11.8. The molecule has 6 nitrogen and oxygen atoms in total. The summed E-state index contributed by atoms with van der Waals surface area (Å²) in [6.45, 7) is 3.60. The number of sulfonamides is 1. The summed E-state index contributed by atoms with van der Waals surface area (Å²) in [5.74, 6) is -0.422. The number of nitrogens with two attached hydrogens (primary N) is 1. The predicted octanol–water partition coefficient (Wildman–Crippen LogP) is 1.74. The highest BCUT2D eigenvalue weighted by Crippen LogP contribution is 2.26. The summed E-state index contributed by atoms with van der Waals surface area (Å²) >= 11 is 5.71. The van der Waals surface area contributed by atoms with E-state index in [2.05, 4.69) is 9.71 Å². The molecule has 1 aromatic carbocycles. The van der Waals surface area contributed by atoms with Crippen molar-refractivity contribution in [3.63, 3.8) is 0 Å². The van der Waals surface area contributed by atoms with Crippen molar-refractivity contribution in [3.8, 4) is 0 Å². The summed E-state index contributed by atoms with van der Waals surface area (Å²) in [6.07, 6.45) is 1.07. The van der Waals surface area contributed by atoms with Gasteiger partial charge in [-0.3, -0.25) is 0 Å². The van der Waals surface area contributed by atoms with E-state index in [0.717, 1.165) is 6.26 Å². The molecule has 0 unspecified atom stereocenters. The molecular weight excluding hydrogens is 319 g/mol. The fourth-order valence-electron chi connectivity index (χ4n) is 2.23. The van der Waals surface area contributed by atoms with Crippen LogP contribution in [0.1, 0.15) is 13.8 Å². The third kappa shape index (κ3) is 3.63. The molecular formula is C12H16ClFN4O2S. The number of nitrogens with one attached hydrogen (secondary N) is 1. The van der Waals surface area contributed by atoms with Crippen molar-refractivity contribution in [2.45, 2.75) is 25.9 Å². The molecule has 0 aliphatic carbocycles. The lowest BCUT2D eigenvalue weighted by atomic mass is 10.1. The van der Waals surface area contributed by atoms with Crippen LogP contribution in [0.4, 0.5) is 10.3 Å². The molecule has 0 aliphatic rings. The molecule has 116 valence electrons. The fraction of sp³-hybridized carbons (Fsp3) is 0.417. The average molecular weight is 335 g/mol. The normalized spacial score (nSPS) is 13.0. The summed E-state index contributed by atoms with van der Waals surface area (Å²) in [5, 5.41) is -0.0410. The predicted molar refractivity (Wildman–Crippen MR) is 81.2 cm³/mol. The van der Waals surface area contributed by atoms with Crippen LogP contribution in [0.5, 0.6) is 0 Å². The molecule has 21 heavy (non-hydrogen) atoms. The zero-order chi connectivity index (χ0) is 16.0. The second-order valence-electron chi connectivity index (χ2n) is 5.57. The number of nitrogen functional groups attached to an aromatic ring is 1. The van der Waals surface area contributed by atoms with Gasteiger partial charge in [-0.25, -0.2) is 22.5 Å². The van der Waals surface area contributed by atoms with Gasteiger partial charge in [0.25, 0.3) is 0 Å². The minimum absolute atomic E-state index is 0.0410. The van der Waals surface area contributed by atoms with Crippen LogP contribution in [-0.2, 0) is 16.6 Å². The number of nitrogens with zero attached hydrogens (tertiary/aromatic N) is 2. The second-order valence-corrected chi connectivity index (χ2v) is 7.72. The van der Waals surface area contributed by atoms with Crippen LogP contribution in [-0.4, -0.2) is 29.8 Å². The van der Waals surface area contributed by atoms with Crippen LogP contribution < -0.4 is 10.5 Å². The quantitative estimate of drug-likeness (QED) is 0.891. The Morgan fingerprint density at radius 2 is 2.10 bits per heavy atom. The summed E-state index contributed by atoms with van der Waals surface area (Å²) in [5.41, 5.74) is 5.93. The second kappa shape index (κ2) is 5.11. The van der Waals surface area contributed by atoms with Crippen molar-refractivity contribution < 1.29 is 12.8 Å². The van der Waals surface area contributed by atoms with Gasteiger partial charge in [0.2, 0.25) is 16.0 Å². The molecule has 0 amide bonds. The molecule has 0 saturated carbocycles. The maximum atomic E-state index is 13.6. The molecule has 0 aliphatic heterocycles. The van der Waals surface area contributed by atoms with Gasteiger partial charge in [0.05, 0.1) is 22.3 Å². The zero-order valence-corrected chi connectivity index (χ0v) is 13.4. The van der Waals surface area contributed by atoms with Gasteiger partial charge < -0.3 is 10.3 Å². The van der Waals surface area contributed by atoms with Gasteiger partial charge >= 0.3 is 0 Å². The van der Waals surface area contributed by atoms with Gasteiger partial charge in [0, 0.05) is 18.2 Å². The molecule has 2 rings (SSSR count). The van der Waals surface area contributed by atoms with E-state index in [1.165, 1.54) is 12.1 Å². The molecule has 9 heteroatoms. The number of benzene rings is 1. The van der Waals surface area contributed by atoms with Crippen LogP contribution in [0.15, 0.2) is 12.1 Å². The Morgan fingerprint density at radius 3 is 2.67 bits per heavy atom. The molecule has 3 N–H and O–H groups in total. The fourth-order valence-corrected chi connectivity index (χ4v) is 3.46. The van der Waals surface area contributed by atoms with Crippen LogP contribution >= 0.6 is 11.6 Å². The lowest BCUT2D eigenvalue weighted by Gasteiger charge is -2.26. The summed E-state index contributed by atoms with van der Waals surface area (Å²) in [7, 11) is -3.39. The van der Waals surface area contributed by atoms with Gasteiger partial charge in [-0.05, 0) is 19.9 Å². The van der Waals surface area contributed by atoms with E-state index in [1.807, 2.05) is 0 Å². The SMILES string of the molecule is CC(C)(Cn1c(N)nc2cc(Cl)c(F)cc21)NS(C)(=O)=O. The highest BCUT2D eigenvalue weighted by molar-refractivity contribution is 7.88. The number of halogens is 2. The highest BCUT2D eigenvalue weighted by Gasteiger charge is 2.25. The van der Waals surface area contributed by atoms with Crippen molar-refractivity contribution in [1.82, 2.24) is 14.3 Å². The number of imidazole rings is 1. The van der Waals surface area contributed by atoms with Gasteiger partial charge in [0.15, 0.2) is 0 Å².